The van der Waals surface area contributed by atoms with E-state index in [1.54, 1.807) is 16.7 Å². The van der Waals surface area contributed by atoms with Crippen molar-refractivity contribution < 1.29 is 9.53 Å². The highest BCUT2D eigenvalue weighted by atomic mass is 32.1. The Morgan fingerprint density at radius 2 is 2.04 bits per heavy atom. The number of carbonyl (C=O) groups is 1. The van der Waals surface area contributed by atoms with Crippen LogP contribution in [0.1, 0.15) is 44.7 Å². The van der Waals surface area contributed by atoms with Gasteiger partial charge in [0.2, 0.25) is 0 Å². The molecule has 2 aromatic rings. The second-order valence-corrected chi connectivity index (χ2v) is 8.56. The van der Waals surface area contributed by atoms with Crippen LogP contribution in [0.4, 0.5) is 0 Å². The van der Waals surface area contributed by atoms with Crippen molar-refractivity contribution in [1.82, 2.24) is 19.2 Å². The molecular weight excluding hydrogens is 376 g/mol. The molecule has 28 heavy (non-hydrogen) atoms. The van der Waals surface area contributed by atoms with Gasteiger partial charge in [0.15, 0.2) is 4.96 Å². The Labute approximate surface area is 168 Å². The summed E-state index contributed by atoms with van der Waals surface area (Å²) >= 11 is 1.47. The molecule has 1 atom stereocenters. The van der Waals surface area contributed by atoms with Gasteiger partial charge in [-0.1, -0.05) is 19.8 Å². The van der Waals surface area contributed by atoms with Crippen LogP contribution >= 0.6 is 11.3 Å². The first-order valence-electron chi connectivity index (χ1n) is 10.3. The summed E-state index contributed by atoms with van der Waals surface area (Å²) in [7, 11) is 0. The van der Waals surface area contributed by atoms with Crippen LogP contribution in [0.25, 0.3) is 4.96 Å². The minimum absolute atomic E-state index is 0.0371. The number of thiazole rings is 1. The van der Waals surface area contributed by atoms with Crippen molar-refractivity contribution in [3.8, 4) is 0 Å². The quantitative estimate of drug-likeness (QED) is 0.738. The maximum absolute atomic E-state index is 12.9. The molecule has 0 aromatic carbocycles. The first-order chi connectivity index (χ1) is 13.6. The van der Waals surface area contributed by atoms with Crippen molar-refractivity contribution in [2.45, 2.75) is 57.8 Å². The van der Waals surface area contributed by atoms with Crippen LogP contribution in [0.3, 0.4) is 0 Å². The zero-order valence-corrected chi connectivity index (χ0v) is 17.2. The predicted octanol–water partition coefficient (Wildman–Crippen LogP) is 2.14. The highest BCUT2D eigenvalue weighted by Crippen LogP contribution is 2.23. The number of fused-ring (bicyclic) bond motifs is 1. The van der Waals surface area contributed by atoms with E-state index >= 15 is 0 Å². The van der Waals surface area contributed by atoms with E-state index in [-0.39, 0.29) is 23.7 Å². The summed E-state index contributed by atoms with van der Waals surface area (Å²) in [6.07, 6.45) is 7.01. The molecule has 2 aromatic heterocycles. The Morgan fingerprint density at radius 1 is 1.29 bits per heavy atom. The van der Waals surface area contributed by atoms with Crippen molar-refractivity contribution in [3.05, 3.63) is 33.7 Å². The average molecular weight is 405 g/mol. The van der Waals surface area contributed by atoms with E-state index in [1.165, 1.54) is 24.2 Å². The normalized spacial score (nSPS) is 20.1. The number of nitrogens with zero attached hydrogens (tertiary/aromatic N) is 4. The maximum Gasteiger partial charge on any atom is 0.258 e. The van der Waals surface area contributed by atoms with Gasteiger partial charge in [0, 0.05) is 50.4 Å². The first kappa shape index (κ1) is 19.5. The summed E-state index contributed by atoms with van der Waals surface area (Å²) in [5, 5.41) is 1.87. The summed E-state index contributed by atoms with van der Waals surface area (Å²) < 4.78 is 7.66. The molecule has 7 nitrogen and oxygen atoms in total. The van der Waals surface area contributed by atoms with E-state index in [4.69, 9.17) is 4.74 Å². The summed E-state index contributed by atoms with van der Waals surface area (Å²) in [6, 6.07) is 1.61. The minimum Gasteiger partial charge on any atom is -0.365 e. The largest absolute Gasteiger partial charge is 0.365 e. The zero-order valence-electron chi connectivity index (χ0n) is 16.4. The van der Waals surface area contributed by atoms with Crippen molar-refractivity contribution >= 4 is 22.2 Å². The molecule has 1 aliphatic carbocycles. The molecule has 0 N–H and O–H groups in total. The fourth-order valence-electron chi connectivity index (χ4n) is 4.11. The Morgan fingerprint density at radius 3 is 2.75 bits per heavy atom. The van der Waals surface area contributed by atoms with Crippen LogP contribution < -0.4 is 5.56 Å². The lowest BCUT2D eigenvalue weighted by molar-refractivity contribution is -0.149. The van der Waals surface area contributed by atoms with Gasteiger partial charge in [-0.15, -0.1) is 11.3 Å². The van der Waals surface area contributed by atoms with Crippen LogP contribution in [-0.2, 0) is 16.1 Å². The molecule has 152 valence electrons. The molecule has 1 saturated heterocycles. The lowest BCUT2D eigenvalue weighted by atomic mass is 10.2. The van der Waals surface area contributed by atoms with Gasteiger partial charge in [-0.25, -0.2) is 4.98 Å². The van der Waals surface area contributed by atoms with Crippen molar-refractivity contribution in [2.75, 3.05) is 26.2 Å². The highest BCUT2D eigenvalue weighted by Gasteiger charge is 2.30. The molecule has 1 aliphatic heterocycles. The smallest absolute Gasteiger partial charge is 0.258 e. The summed E-state index contributed by atoms with van der Waals surface area (Å²) in [6.45, 7) is 5.64. The van der Waals surface area contributed by atoms with E-state index in [0.717, 1.165) is 43.0 Å². The molecule has 2 aliphatic rings. The monoisotopic (exact) mass is 404 g/mol. The molecule has 2 fully saturated rings. The Balaban J connectivity index is 1.31. The number of hydrogen-bond donors (Lipinski definition) is 0. The van der Waals surface area contributed by atoms with Crippen molar-refractivity contribution in [2.24, 2.45) is 0 Å². The Kier molecular flexibility index (Phi) is 6.08. The van der Waals surface area contributed by atoms with Gasteiger partial charge in [0.1, 0.15) is 6.10 Å². The summed E-state index contributed by atoms with van der Waals surface area (Å²) in [4.78, 5) is 34.5. The van der Waals surface area contributed by atoms with E-state index in [2.05, 4.69) is 9.88 Å². The van der Waals surface area contributed by atoms with Gasteiger partial charge < -0.3 is 9.64 Å². The molecular formula is C20H28N4O3S. The van der Waals surface area contributed by atoms with Crippen LogP contribution in [0, 0.1) is 0 Å². The Bertz CT molecular complexity index is 866. The molecule has 4 rings (SSSR count). The zero-order chi connectivity index (χ0) is 19.5. The van der Waals surface area contributed by atoms with Crippen molar-refractivity contribution in [1.29, 1.82) is 0 Å². The number of aromatic nitrogens is 2. The lowest BCUT2D eigenvalue weighted by Gasteiger charge is -2.36. The van der Waals surface area contributed by atoms with E-state index in [1.807, 2.05) is 17.2 Å². The lowest BCUT2D eigenvalue weighted by Crippen LogP contribution is -2.51. The fourth-order valence-corrected chi connectivity index (χ4v) is 4.85. The average Bonchev–Trinajstić information content (AvgIpc) is 3.38. The topological polar surface area (TPSA) is 67.2 Å². The predicted molar refractivity (Wildman–Crippen MR) is 109 cm³/mol. The van der Waals surface area contributed by atoms with Crippen molar-refractivity contribution in [3.63, 3.8) is 0 Å². The number of amides is 1. The van der Waals surface area contributed by atoms with Gasteiger partial charge in [0.05, 0.1) is 11.8 Å². The summed E-state index contributed by atoms with van der Waals surface area (Å²) in [5.41, 5.74) is 0.758. The van der Waals surface area contributed by atoms with Gasteiger partial charge in [-0.2, -0.15) is 0 Å². The standard InChI is InChI=1S/C20H28N4O3S/c1-2-17(27-16-5-3-4-6-16)19(26)23-9-7-22(8-10-23)14-15-13-18(25)24-11-12-28-20(24)21-15/h11-13,16-17H,2-10,14H2,1H3. The number of hydrogen-bond acceptors (Lipinski definition) is 6. The fraction of sp³-hybridized carbons (Fsp3) is 0.650. The first-order valence-corrected chi connectivity index (χ1v) is 11.1. The van der Waals surface area contributed by atoms with Gasteiger partial charge in [-0.3, -0.25) is 18.9 Å². The molecule has 3 heterocycles. The van der Waals surface area contributed by atoms with Crippen LogP contribution in [0.2, 0.25) is 0 Å². The minimum atomic E-state index is -0.308. The van der Waals surface area contributed by atoms with Gasteiger partial charge in [0.25, 0.3) is 11.5 Å². The van der Waals surface area contributed by atoms with Gasteiger partial charge >= 0.3 is 0 Å². The molecule has 8 heteroatoms. The van der Waals surface area contributed by atoms with E-state index in [0.29, 0.717) is 19.6 Å². The summed E-state index contributed by atoms with van der Waals surface area (Å²) in [5.74, 6) is 0.130. The number of piperazine rings is 1. The number of rotatable bonds is 6. The Hall–Kier alpha value is -1.77. The second-order valence-electron chi connectivity index (χ2n) is 7.68. The molecule has 0 radical (unpaired) electrons. The van der Waals surface area contributed by atoms with Crippen LogP contribution in [0.15, 0.2) is 22.4 Å². The molecule has 0 spiro atoms. The SMILES string of the molecule is CCC(OC1CCCC1)C(=O)N1CCN(Cc2cc(=O)n3ccsc3n2)CC1. The number of ether oxygens (including phenoxy) is 1. The van der Waals surface area contributed by atoms with E-state index in [9.17, 15) is 9.59 Å². The highest BCUT2D eigenvalue weighted by molar-refractivity contribution is 7.15. The van der Waals surface area contributed by atoms with Crippen LogP contribution in [0.5, 0.6) is 0 Å². The maximum atomic E-state index is 12.9. The van der Waals surface area contributed by atoms with Crippen LogP contribution in [-0.4, -0.2) is 63.5 Å². The molecule has 1 saturated carbocycles. The second kappa shape index (κ2) is 8.71. The molecule has 1 amide bonds. The van der Waals surface area contributed by atoms with Gasteiger partial charge in [-0.05, 0) is 19.3 Å². The van der Waals surface area contributed by atoms with E-state index < -0.39 is 0 Å². The third-order valence-electron chi connectivity index (χ3n) is 5.73. The number of carbonyl (C=O) groups excluding carboxylic acids is 1. The third-order valence-corrected chi connectivity index (χ3v) is 6.49. The third kappa shape index (κ3) is 4.29. The molecule has 0 bridgehead atoms. The molecule has 1 unspecified atom stereocenters.